The van der Waals surface area contributed by atoms with Crippen LogP contribution in [-0.4, -0.2) is 77.6 Å². The number of methoxy groups -OCH3 is 2. The molecule has 2 fully saturated rings. The average Bonchev–Trinajstić information content (AvgIpc) is 3.37. The maximum Gasteiger partial charge on any atom is 0.246 e. The van der Waals surface area contributed by atoms with E-state index in [4.69, 9.17) is 14.2 Å². The molecule has 2 saturated heterocycles. The van der Waals surface area contributed by atoms with Crippen molar-refractivity contribution in [3.8, 4) is 23.0 Å². The minimum atomic E-state index is -1.27. The average molecular weight is 487 g/mol. The van der Waals surface area contributed by atoms with Crippen LogP contribution in [0.3, 0.4) is 0 Å². The maximum atomic E-state index is 12.8. The van der Waals surface area contributed by atoms with Crippen LogP contribution < -0.4 is 19.5 Å². The van der Waals surface area contributed by atoms with Crippen molar-refractivity contribution in [2.24, 2.45) is 0 Å². The van der Waals surface area contributed by atoms with Crippen LogP contribution in [0.25, 0.3) is 0 Å². The highest BCUT2D eigenvalue weighted by Gasteiger charge is 2.42. The summed E-state index contributed by atoms with van der Waals surface area (Å²) < 4.78 is 16.3. The third-order valence-electron chi connectivity index (χ3n) is 6.45. The lowest BCUT2D eigenvalue weighted by atomic mass is 10.0. The second-order valence-corrected chi connectivity index (χ2v) is 8.66. The molecule has 2 aromatic rings. The first kappa shape index (κ1) is 24.6. The summed E-state index contributed by atoms with van der Waals surface area (Å²) in [5, 5.41) is 33.0. The van der Waals surface area contributed by atoms with Crippen LogP contribution in [0.4, 0.5) is 0 Å². The number of aromatic hydroxyl groups is 1. The molecule has 2 heterocycles. The summed E-state index contributed by atoms with van der Waals surface area (Å²) >= 11 is 0. The molecule has 0 spiro atoms. The second-order valence-electron chi connectivity index (χ2n) is 8.66. The fourth-order valence-corrected chi connectivity index (χ4v) is 4.60. The van der Waals surface area contributed by atoms with Gasteiger partial charge in [-0.15, -0.1) is 0 Å². The van der Waals surface area contributed by atoms with E-state index in [0.717, 1.165) is 12.0 Å². The van der Waals surface area contributed by atoms with Gasteiger partial charge in [-0.3, -0.25) is 9.59 Å². The fraction of sp³-hybridized carbons (Fsp3) is 0.440. The van der Waals surface area contributed by atoms with Crippen molar-refractivity contribution >= 4 is 11.8 Å². The standard InChI is InChI=1S/C25H30N2O8/c1-33-20-11-15(12-21(34-2)22(20)30)23(19(29)13-28)35-16-7-5-14(6-8-16)10-17-25(32)27-9-3-4-18(27)24(31)26-17/h5-8,11-12,17-19,23,28-30H,3-4,9-10,13H2,1-2H3,(H,26,31). The molecule has 4 N–H and O–H groups in total. The number of fused-ring (bicyclic) bond motifs is 1. The van der Waals surface area contributed by atoms with E-state index in [9.17, 15) is 24.9 Å². The number of ether oxygens (including phenoxy) is 3. The quantitative estimate of drug-likeness (QED) is 0.411. The smallest absolute Gasteiger partial charge is 0.246 e. The van der Waals surface area contributed by atoms with Crippen molar-refractivity contribution in [3.05, 3.63) is 47.5 Å². The van der Waals surface area contributed by atoms with E-state index in [1.165, 1.54) is 26.4 Å². The van der Waals surface area contributed by atoms with E-state index in [1.807, 2.05) is 0 Å². The third-order valence-corrected chi connectivity index (χ3v) is 6.45. The Morgan fingerprint density at radius 1 is 1.11 bits per heavy atom. The van der Waals surface area contributed by atoms with Gasteiger partial charge in [0.2, 0.25) is 17.6 Å². The highest BCUT2D eigenvalue weighted by Crippen LogP contribution is 2.40. The maximum absolute atomic E-state index is 12.8. The zero-order valence-electron chi connectivity index (χ0n) is 19.6. The molecule has 0 bridgehead atoms. The molecule has 0 aliphatic carbocycles. The number of amides is 2. The molecule has 4 rings (SSSR count). The monoisotopic (exact) mass is 486 g/mol. The van der Waals surface area contributed by atoms with Gasteiger partial charge in [0.05, 0.1) is 20.8 Å². The lowest BCUT2D eigenvalue weighted by molar-refractivity contribution is -0.146. The molecule has 188 valence electrons. The van der Waals surface area contributed by atoms with E-state index in [-0.39, 0.29) is 35.1 Å². The molecular formula is C25H30N2O8. The van der Waals surface area contributed by atoms with E-state index in [0.29, 0.717) is 30.7 Å². The molecule has 2 aromatic carbocycles. The number of piperazine rings is 1. The summed E-state index contributed by atoms with van der Waals surface area (Å²) in [6, 6.07) is 8.99. The first-order valence-corrected chi connectivity index (χ1v) is 11.5. The molecule has 35 heavy (non-hydrogen) atoms. The van der Waals surface area contributed by atoms with Crippen LogP contribution in [0, 0.1) is 0 Å². The molecule has 0 aromatic heterocycles. The zero-order chi connectivity index (χ0) is 25.1. The SMILES string of the molecule is COc1cc(C(Oc2ccc(CC3NC(=O)C4CCCN4C3=O)cc2)C(O)CO)cc(OC)c1O. The van der Waals surface area contributed by atoms with Gasteiger partial charge in [-0.2, -0.15) is 0 Å². The summed E-state index contributed by atoms with van der Waals surface area (Å²) in [5.74, 6) is 0.322. The third kappa shape index (κ3) is 4.98. The number of aliphatic hydroxyl groups excluding tert-OH is 2. The van der Waals surface area contributed by atoms with Crippen LogP contribution >= 0.6 is 0 Å². The van der Waals surface area contributed by atoms with Crippen LogP contribution in [0.2, 0.25) is 0 Å². The van der Waals surface area contributed by atoms with Crippen molar-refractivity contribution in [2.75, 3.05) is 27.4 Å². The summed E-state index contributed by atoms with van der Waals surface area (Å²) in [7, 11) is 2.78. The van der Waals surface area contributed by atoms with Gasteiger partial charge < -0.3 is 39.7 Å². The van der Waals surface area contributed by atoms with Gasteiger partial charge in [0, 0.05) is 18.5 Å². The van der Waals surface area contributed by atoms with E-state index < -0.39 is 24.9 Å². The van der Waals surface area contributed by atoms with Gasteiger partial charge >= 0.3 is 0 Å². The number of nitrogens with zero attached hydrogens (tertiary/aromatic N) is 1. The molecule has 2 amide bonds. The molecule has 4 atom stereocenters. The molecule has 2 aliphatic heterocycles. The van der Waals surface area contributed by atoms with Gasteiger partial charge in [-0.1, -0.05) is 12.1 Å². The Bertz CT molecular complexity index is 1050. The fourth-order valence-electron chi connectivity index (χ4n) is 4.60. The van der Waals surface area contributed by atoms with Gasteiger partial charge in [-0.05, 0) is 42.7 Å². The number of nitrogens with one attached hydrogen (secondary N) is 1. The number of benzene rings is 2. The van der Waals surface area contributed by atoms with Crippen LogP contribution in [0.5, 0.6) is 23.0 Å². The lowest BCUT2D eigenvalue weighted by Crippen LogP contribution is -2.61. The second kappa shape index (κ2) is 10.4. The Hall–Kier alpha value is -3.50. The summed E-state index contributed by atoms with van der Waals surface area (Å²) in [4.78, 5) is 26.8. The minimum Gasteiger partial charge on any atom is -0.502 e. The molecular weight excluding hydrogens is 456 g/mol. The number of phenolic OH excluding ortho intramolecular Hbond substituents is 1. The molecule has 0 saturated carbocycles. The Morgan fingerprint density at radius 2 is 1.77 bits per heavy atom. The van der Waals surface area contributed by atoms with Crippen molar-refractivity contribution in [3.63, 3.8) is 0 Å². The highest BCUT2D eigenvalue weighted by molar-refractivity contribution is 5.97. The highest BCUT2D eigenvalue weighted by atomic mass is 16.5. The summed E-state index contributed by atoms with van der Waals surface area (Å²) in [6.45, 7) is 0.0524. The van der Waals surface area contributed by atoms with Crippen molar-refractivity contribution in [1.29, 1.82) is 0 Å². The number of carbonyl (C=O) groups excluding carboxylic acids is 2. The van der Waals surface area contributed by atoms with Gasteiger partial charge in [0.1, 0.15) is 23.9 Å². The number of phenols is 1. The zero-order valence-corrected chi connectivity index (χ0v) is 19.6. The van der Waals surface area contributed by atoms with Gasteiger partial charge in [0.15, 0.2) is 17.6 Å². The lowest BCUT2D eigenvalue weighted by Gasteiger charge is -2.34. The number of carbonyl (C=O) groups is 2. The number of rotatable bonds is 9. The first-order chi connectivity index (χ1) is 16.9. The topological polar surface area (TPSA) is 138 Å². The minimum absolute atomic E-state index is 0.0613. The van der Waals surface area contributed by atoms with Gasteiger partial charge in [0.25, 0.3) is 0 Å². The van der Waals surface area contributed by atoms with E-state index in [1.54, 1.807) is 29.2 Å². The summed E-state index contributed by atoms with van der Waals surface area (Å²) in [5.41, 5.74) is 1.26. The Balaban J connectivity index is 1.50. The summed E-state index contributed by atoms with van der Waals surface area (Å²) in [6.07, 6.45) is -0.362. The van der Waals surface area contributed by atoms with E-state index >= 15 is 0 Å². The molecule has 10 nitrogen and oxygen atoms in total. The molecule has 4 unspecified atom stereocenters. The van der Waals surface area contributed by atoms with Crippen molar-refractivity contribution in [2.45, 2.75) is 43.6 Å². The predicted octanol–water partition coefficient (Wildman–Crippen LogP) is 0.915. The van der Waals surface area contributed by atoms with Gasteiger partial charge in [-0.25, -0.2) is 0 Å². The normalized spacial score (nSPS) is 21.2. The number of aliphatic hydroxyl groups is 2. The Labute approximate surface area is 203 Å². The van der Waals surface area contributed by atoms with E-state index in [2.05, 4.69) is 5.32 Å². The van der Waals surface area contributed by atoms with Crippen LogP contribution in [0.15, 0.2) is 36.4 Å². The molecule has 0 radical (unpaired) electrons. The largest absolute Gasteiger partial charge is 0.502 e. The Kier molecular flexibility index (Phi) is 7.32. The number of hydrogen-bond donors (Lipinski definition) is 4. The van der Waals surface area contributed by atoms with Crippen LogP contribution in [0.1, 0.15) is 30.1 Å². The molecule has 10 heteroatoms. The van der Waals surface area contributed by atoms with Crippen LogP contribution in [-0.2, 0) is 16.0 Å². The number of hydrogen-bond acceptors (Lipinski definition) is 8. The van der Waals surface area contributed by atoms with Crippen molar-refractivity contribution in [1.82, 2.24) is 10.2 Å². The Morgan fingerprint density at radius 3 is 2.37 bits per heavy atom. The first-order valence-electron chi connectivity index (χ1n) is 11.5. The predicted molar refractivity (Wildman–Crippen MR) is 124 cm³/mol. The molecule has 2 aliphatic rings. The van der Waals surface area contributed by atoms with Crippen molar-refractivity contribution < 1.29 is 39.1 Å².